The quantitative estimate of drug-likeness (QED) is 0.907. The first-order chi connectivity index (χ1) is 10.5. The van der Waals surface area contributed by atoms with Crippen molar-refractivity contribution in [1.29, 1.82) is 0 Å². The lowest BCUT2D eigenvalue weighted by Crippen LogP contribution is -2.51. The molecule has 0 bridgehead atoms. The molecule has 1 saturated heterocycles. The standard InChI is InChI=1S/C18H29N3O/c1-5-15(3)19-13-18(22)21-11-9-20(10-12-21)17-8-6-7-14(2)16(17)4/h6-8,15,19H,5,9-13H2,1-4H3. The van der Waals surface area contributed by atoms with Gasteiger partial charge in [0.25, 0.3) is 0 Å². The Bertz CT molecular complexity index is 507. The topological polar surface area (TPSA) is 35.6 Å². The highest BCUT2D eigenvalue weighted by Crippen LogP contribution is 2.23. The molecule has 1 atom stereocenters. The highest BCUT2D eigenvalue weighted by molar-refractivity contribution is 5.78. The predicted molar refractivity (Wildman–Crippen MR) is 92.5 cm³/mol. The predicted octanol–water partition coefficient (Wildman–Crippen LogP) is 2.34. The van der Waals surface area contributed by atoms with Crippen LogP contribution in [0, 0.1) is 13.8 Å². The molecular weight excluding hydrogens is 274 g/mol. The highest BCUT2D eigenvalue weighted by atomic mass is 16.2. The van der Waals surface area contributed by atoms with E-state index >= 15 is 0 Å². The molecule has 1 heterocycles. The maximum Gasteiger partial charge on any atom is 0.236 e. The summed E-state index contributed by atoms with van der Waals surface area (Å²) in [7, 11) is 0. The normalized spacial score (nSPS) is 16.7. The fourth-order valence-electron chi connectivity index (χ4n) is 2.79. The summed E-state index contributed by atoms with van der Waals surface area (Å²) in [4.78, 5) is 16.6. The van der Waals surface area contributed by atoms with E-state index in [2.05, 4.69) is 56.1 Å². The average molecular weight is 303 g/mol. The number of piperazine rings is 1. The second-order valence-corrected chi connectivity index (χ2v) is 6.28. The lowest BCUT2D eigenvalue weighted by atomic mass is 10.1. The Morgan fingerprint density at radius 3 is 2.55 bits per heavy atom. The molecule has 122 valence electrons. The fraction of sp³-hybridized carbons (Fsp3) is 0.611. The van der Waals surface area contributed by atoms with E-state index in [1.54, 1.807) is 0 Å². The van der Waals surface area contributed by atoms with E-state index in [1.807, 2.05) is 4.90 Å². The van der Waals surface area contributed by atoms with Gasteiger partial charge in [-0.1, -0.05) is 19.1 Å². The van der Waals surface area contributed by atoms with Gasteiger partial charge < -0.3 is 15.1 Å². The van der Waals surface area contributed by atoms with Crippen LogP contribution in [0.4, 0.5) is 5.69 Å². The summed E-state index contributed by atoms with van der Waals surface area (Å²) in [6.07, 6.45) is 1.05. The van der Waals surface area contributed by atoms with Gasteiger partial charge in [-0.2, -0.15) is 0 Å². The van der Waals surface area contributed by atoms with Gasteiger partial charge in [-0.15, -0.1) is 0 Å². The second-order valence-electron chi connectivity index (χ2n) is 6.28. The van der Waals surface area contributed by atoms with Crippen LogP contribution in [0.2, 0.25) is 0 Å². The summed E-state index contributed by atoms with van der Waals surface area (Å²) in [5.74, 6) is 0.223. The molecule has 1 aromatic rings. The lowest BCUT2D eigenvalue weighted by molar-refractivity contribution is -0.130. The molecule has 22 heavy (non-hydrogen) atoms. The van der Waals surface area contributed by atoms with E-state index in [4.69, 9.17) is 0 Å². The number of rotatable bonds is 5. The third kappa shape index (κ3) is 4.01. The van der Waals surface area contributed by atoms with Crippen molar-refractivity contribution in [2.24, 2.45) is 0 Å². The number of nitrogens with one attached hydrogen (secondary N) is 1. The number of aryl methyl sites for hydroxylation is 1. The average Bonchev–Trinajstić information content (AvgIpc) is 2.55. The lowest BCUT2D eigenvalue weighted by Gasteiger charge is -2.37. The summed E-state index contributed by atoms with van der Waals surface area (Å²) >= 11 is 0. The van der Waals surface area contributed by atoms with E-state index in [0.29, 0.717) is 12.6 Å². The minimum absolute atomic E-state index is 0.223. The molecule has 1 amide bonds. The first-order valence-corrected chi connectivity index (χ1v) is 8.35. The van der Waals surface area contributed by atoms with Crippen LogP contribution in [-0.4, -0.2) is 49.6 Å². The zero-order chi connectivity index (χ0) is 16.1. The molecule has 4 nitrogen and oxygen atoms in total. The van der Waals surface area contributed by atoms with Crippen LogP contribution < -0.4 is 10.2 Å². The van der Waals surface area contributed by atoms with Crippen LogP contribution in [0.3, 0.4) is 0 Å². The number of carbonyl (C=O) groups excluding carboxylic acids is 1. The maximum absolute atomic E-state index is 12.2. The summed E-state index contributed by atoms with van der Waals surface area (Å²) in [6, 6.07) is 6.86. The molecule has 1 fully saturated rings. The molecule has 0 spiro atoms. The highest BCUT2D eigenvalue weighted by Gasteiger charge is 2.22. The fourth-order valence-corrected chi connectivity index (χ4v) is 2.79. The molecule has 1 aliphatic heterocycles. The van der Waals surface area contributed by atoms with Gasteiger partial charge in [-0.3, -0.25) is 4.79 Å². The Morgan fingerprint density at radius 2 is 1.91 bits per heavy atom. The van der Waals surface area contributed by atoms with Crippen molar-refractivity contribution in [2.75, 3.05) is 37.6 Å². The number of anilines is 1. The molecule has 0 radical (unpaired) electrons. The zero-order valence-corrected chi connectivity index (χ0v) is 14.4. The van der Waals surface area contributed by atoms with Crippen molar-refractivity contribution in [3.63, 3.8) is 0 Å². The van der Waals surface area contributed by atoms with Crippen molar-refractivity contribution in [1.82, 2.24) is 10.2 Å². The number of hydrogen-bond acceptors (Lipinski definition) is 3. The number of benzene rings is 1. The minimum Gasteiger partial charge on any atom is -0.368 e. The molecule has 4 heteroatoms. The largest absolute Gasteiger partial charge is 0.368 e. The summed E-state index contributed by atoms with van der Waals surface area (Å²) in [5.41, 5.74) is 3.99. The molecule has 0 aromatic heterocycles. The van der Waals surface area contributed by atoms with Crippen molar-refractivity contribution < 1.29 is 4.79 Å². The van der Waals surface area contributed by atoms with Crippen molar-refractivity contribution in [3.8, 4) is 0 Å². The van der Waals surface area contributed by atoms with E-state index in [9.17, 15) is 4.79 Å². The smallest absolute Gasteiger partial charge is 0.236 e. The number of hydrogen-bond donors (Lipinski definition) is 1. The van der Waals surface area contributed by atoms with Crippen LogP contribution >= 0.6 is 0 Å². The zero-order valence-electron chi connectivity index (χ0n) is 14.4. The third-order valence-corrected chi connectivity index (χ3v) is 4.76. The van der Waals surface area contributed by atoms with Crippen LogP contribution in [0.1, 0.15) is 31.4 Å². The molecular formula is C18H29N3O. The van der Waals surface area contributed by atoms with Gasteiger partial charge >= 0.3 is 0 Å². The first-order valence-electron chi connectivity index (χ1n) is 8.35. The van der Waals surface area contributed by atoms with Crippen LogP contribution in [0.5, 0.6) is 0 Å². The summed E-state index contributed by atoms with van der Waals surface area (Å²) < 4.78 is 0. The SMILES string of the molecule is CCC(C)NCC(=O)N1CCN(c2cccc(C)c2C)CC1. The van der Waals surface area contributed by atoms with Crippen molar-refractivity contribution in [3.05, 3.63) is 29.3 Å². The monoisotopic (exact) mass is 303 g/mol. The second kappa shape index (κ2) is 7.63. The molecule has 1 aromatic carbocycles. The molecule has 1 N–H and O–H groups in total. The number of amides is 1. The Morgan fingerprint density at radius 1 is 1.23 bits per heavy atom. The van der Waals surface area contributed by atoms with E-state index in [0.717, 1.165) is 32.6 Å². The maximum atomic E-state index is 12.2. The van der Waals surface area contributed by atoms with Crippen LogP contribution in [0.15, 0.2) is 18.2 Å². The Hall–Kier alpha value is -1.55. The van der Waals surface area contributed by atoms with Crippen LogP contribution in [0.25, 0.3) is 0 Å². The van der Waals surface area contributed by atoms with Gasteiger partial charge in [0.05, 0.1) is 6.54 Å². The van der Waals surface area contributed by atoms with Gasteiger partial charge in [0.1, 0.15) is 0 Å². The van der Waals surface area contributed by atoms with Gasteiger partial charge in [-0.25, -0.2) is 0 Å². The van der Waals surface area contributed by atoms with E-state index < -0.39 is 0 Å². The van der Waals surface area contributed by atoms with Crippen molar-refractivity contribution >= 4 is 11.6 Å². The van der Waals surface area contributed by atoms with Gasteiger partial charge in [0.15, 0.2) is 0 Å². The van der Waals surface area contributed by atoms with Crippen molar-refractivity contribution in [2.45, 2.75) is 40.2 Å². The van der Waals surface area contributed by atoms with Crippen LogP contribution in [-0.2, 0) is 4.79 Å². The number of nitrogens with zero attached hydrogens (tertiary/aromatic N) is 2. The molecule has 2 rings (SSSR count). The summed E-state index contributed by atoms with van der Waals surface area (Å²) in [6.45, 7) is 12.5. The first kappa shape index (κ1) is 16.8. The molecule has 1 aliphatic rings. The van der Waals surface area contributed by atoms with Gasteiger partial charge in [-0.05, 0) is 44.4 Å². The number of carbonyl (C=O) groups is 1. The Kier molecular flexibility index (Phi) is 5.83. The Balaban J connectivity index is 1.87. The molecule has 0 aliphatic carbocycles. The minimum atomic E-state index is 0.223. The third-order valence-electron chi connectivity index (χ3n) is 4.76. The van der Waals surface area contributed by atoms with E-state index in [-0.39, 0.29) is 5.91 Å². The molecule has 0 saturated carbocycles. The summed E-state index contributed by atoms with van der Waals surface area (Å²) in [5, 5.41) is 3.28. The van der Waals surface area contributed by atoms with Gasteiger partial charge in [0, 0.05) is 37.9 Å². The van der Waals surface area contributed by atoms with Gasteiger partial charge in [0.2, 0.25) is 5.91 Å². The van der Waals surface area contributed by atoms with E-state index in [1.165, 1.54) is 16.8 Å². The molecule has 1 unspecified atom stereocenters. The Labute approximate surface area is 134 Å².